The van der Waals surface area contributed by atoms with E-state index in [1.165, 1.54) is 5.56 Å². The van der Waals surface area contributed by atoms with Crippen LogP contribution >= 0.6 is 0 Å². The van der Waals surface area contributed by atoms with Crippen molar-refractivity contribution >= 4 is 0 Å². The number of hydrogen-bond acceptors (Lipinski definition) is 3. The highest BCUT2D eigenvalue weighted by molar-refractivity contribution is 5.14. The fourth-order valence-electron chi connectivity index (χ4n) is 2.13. The van der Waals surface area contributed by atoms with Crippen molar-refractivity contribution in [3.63, 3.8) is 0 Å². The topological polar surface area (TPSA) is 42.7 Å². The van der Waals surface area contributed by atoms with E-state index in [1.807, 2.05) is 37.9 Å². The van der Waals surface area contributed by atoms with Crippen molar-refractivity contribution in [3.05, 3.63) is 48.3 Å². The molecule has 0 bridgehead atoms. The van der Waals surface area contributed by atoms with Gasteiger partial charge in [0.25, 0.3) is 0 Å². The molecule has 2 heterocycles. The molecule has 1 N–H and O–H groups in total. The predicted molar refractivity (Wildman–Crippen MR) is 72.2 cm³/mol. The number of nitrogens with one attached hydrogen (secondary N) is 1. The van der Waals surface area contributed by atoms with Gasteiger partial charge in [0.15, 0.2) is 0 Å². The zero-order valence-electron chi connectivity index (χ0n) is 11.0. The molecule has 0 amide bonds. The van der Waals surface area contributed by atoms with Gasteiger partial charge >= 0.3 is 0 Å². The molecular weight excluding hydrogens is 224 g/mol. The number of rotatable bonds is 6. The maximum Gasteiger partial charge on any atom is 0.108 e. The first-order valence-corrected chi connectivity index (χ1v) is 6.40. The Labute approximate surface area is 108 Å². The van der Waals surface area contributed by atoms with Crippen LogP contribution in [0.1, 0.15) is 30.8 Å². The van der Waals surface area contributed by atoms with E-state index in [0.29, 0.717) is 6.04 Å². The summed E-state index contributed by atoms with van der Waals surface area (Å²) in [5.41, 5.74) is 1.24. The van der Waals surface area contributed by atoms with Crippen LogP contribution in [-0.4, -0.2) is 21.1 Å². The Hall–Kier alpha value is -1.68. The van der Waals surface area contributed by atoms with Crippen molar-refractivity contribution in [3.8, 4) is 0 Å². The third kappa shape index (κ3) is 3.17. The Kier molecular flexibility index (Phi) is 4.47. The van der Waals surface area contributed by atoms with Gasteiger partial charge in [-0.15, -0.1) is 0 Å². The lowest BCUT2D eigenvalue weighted by Crippen LogP contribution is -2.22. The Morgan fingerprint density at radius 2 is 2.28 bits per heavy atom. The zero-order chi connectivity index (χ0) is 12.8. The van der Waals surface area contributed by atoms with Gasteiger partial charge in [0.05, 0.1) is 0 Å². The number of aryl methyl sites for hydroxylation is 2. The molecule has 0 aromatic carbocycles. The predicted octanol–water partition coefficient (Wildman–Crippen LogP) is 2.10. The van der Waals surface area contributed by atoms with Crippen LogP contribution in [0.4, 0.5) is 0 Å². The Morgan fingerprint density at radius 3 is 2.89 bits per heavy atom. The second-order valence-electron chi connectivity index (χ2n) is 4.39. The Morgan fingerprint density at radius 1 is 1.39 bits per heavy atom. The second kappa shape index (κ2) is 6.31. The van der Waals surface area contributed by atoms with Crippen LogP contribution in [0.2, 0.25) is 0 Å². The molecule has 0 aliphatic heterocycles. The van der Waals surface area contributed by atoms with Crippen molar-refractivity contribution in [2.24, 2.45) is 7.05 Å². The van der Waals surface area contributed by atoms with Crippen LogP contribution in [0.3, 0.4) is 0 Å². The molecule has 0 aliphatic rings. The molecule has 1 atom stereocenters. The summed E-state index contributed by atoms with van der Waals surface area (Å²) >= 11 is 0. The quantitative estimate of drug-likeness (QED) is 0.846. The highest BCUT2D eigenvalue weighted by atomic mass is 15.0. The van der Waals surface area contributed by atoms with Crippen LogP contribution in [0, 0.1) is 0 Å². The number of hydrogen-bond donors (Lipinski definition) is 1. The molecule has 2 aromatic rings. The third-order valence-corrected chi connectivity index (χ3v) is 3.11. The molecular formula is C14H20N4. The molecule has 0 aliphatic carbocycles. The normalized spacial score (nSPS) is 12.6. The van der Waals surface area contributed by atoms with E-state index in [9.17, 15) is 0 Å². The van der Waals surface area contributed by atoms with Gasteiger partial charge in [-0.3, -0.25) is 4.98 Å². The summed E-state index contributed by atoms with van der Waals surface area (Å²) in [5, 5.41) is 3.50. The number of aromatic nitrogens is 3. The van der Waals surface area contributed by atoms with E-state index in [1.54, 1.807) is 0 Å². The summed E-state index contributed by atoms with van der Waals surface area (Å²) in [5.74, 6) is 1.13. The van der Waals surface area contributed by atoms with E-state index in [0.717, 1.165) is 25.2 Å². The van der Waals surface area contributed by atoms with Crippen LogP contribution in [0.15, 0.2) is 36.9 Å². The third-order valence-electron chi connectivity index (χ3n) is 3.11. The molecule has 0 saturated carbocycles. The number of imidazole rings is 1. The SMILES string of the molecule is CCNC(CCc1nccn1C)c1cccnc1. The molecule has 4 heteroatoms. The van der Waals surface area contributed by atoms with Crippen molar-refractivity contribution in [1.29, 1.82) is 0 Å². The average molecular weight is 244 g/mol. The summed E-state index contributed by atoms with van der Waals surface area (Å²) in [7, 11) is 2.04. The van der Waals surface area contributed by atoms with Gasteiger partial charge < -0.3 is 9.88 Å². The first-order valence-electron chi connectivity index (χ1n) is 6.40. The lowest BCUT2D eigenvalue weighted by atomic mass is 10.0. The second-order valence-corrected chi connectivity index (χ2v) is 4.39. The number of pyridine rings is 1. The summed E-state index contributed by atoms with van der Waals surface area (Å²) in [6.07, 6.45) is 9.58. The number of nitrogens with zero attached hydrogens (tertiary/aromatic N) is 3. The molecule has 2 rings (SSSR count). The van der Waals surface area contributed by atoms with E-state index >= 15 is 0 Å². The fraction of sp³-hybridized carbons (Fsp3) is 0.429. The van der Waals surface area contributed by atoms with Crippen LogP contribution in [-0.2, 0) is 13.5 Å². The average Bonchev–Trinajstić information content (AvgIpc) is 2.81. The summed E-state index contributed by atoms with van der Waals surface area (Å²) in [4.78, 5) is 8.55. The lowest BCUT2D eigenvalue weighted by molar-refractivity contribution is 0.504. The maximum atomic E-state index is 4.36. The fourth-order valence-corrected chi connectivity index (χ4v) is 2.13. The molecule has 96 valence electrons. The summed E-state index contributed by atoms with van der Waals surface area (Å²) in [6, 6.07) is 4.46. The van der Waals surface area contributed by atoms with E-state index < -0.39 is 0 Å². The van der Waals surface area contributed by atoms with E-state index in [4.69, 9.17) is 0 Å². The summed E-state index contributed by atoms with van der Waals surface area (Å²) < 4.78 is 2.08. The first-order chi connectivity index (χ1) is 8.81. The van der Waals surface area contributed by atoms with Gasteiger partial charge in [0, 0.05) is 44.3 Å². The molecule has 18 heavy (non-hydrogen) atoms. The molecule has 1 unspecified atom stereocenters. The van der Waals surface area contributed by atoms with Crippen molar-refractivity contribution in [2.45, 2.75) is 25.8 Å². The highest BCUT2D eigenvalue weighted by Crippen LogP contribution is 2.17. The van der Waals surface area contributed by atoms with Gasteiger partial charge in [-0.1, -0.05) is 13.0 Å². The lowest BCUT2D eigenvalue weighted by Gasteiger charge is -2.17. The summed E-state index contributed by atoms with van der Waals surface area (Å²) in [6.45, 7) is 3.09. The Bertz CT molecular complexity index is 464. The highest BCUT2D eigenvalue weighted by Gasteiger charge is 2.11. The smallest absolute Gasteiger partial charge is 0.108 e. The van der Waals surface area contributed by atoms with Gasteiger partial charge in [0.2, 0.25) is 0 Å². The minimum absolute atomic E-state index is 0.348. The first kappa shape index (κ1) is 12.8. The van der Waals surface area contributed by atoms with Crippen LogP contribution in [0.5, 0.6) is 0 Å². The zero-order valence-corrected chi connectivity index (χ0v) is 11.0. The largest absolute Gasteiger partial charge is 0.338 e. The van der Waals surface area contributed by atoms with Crippen molar-refractivity contribution in [1.82, 2.24) is 19.9 Å². The Balaban J connectivity index is 2.01. The van der Waals surface area contributed by atoms with Gasteiger partial charge in [-0.25, -0.2) is 4.98 Å². The minimum Gasteiger partial charge on any atom is -0.338 e. The minimum atomic E-state index is 0.348. The van der Waals surface area contributed by atoms with Gasteiger partial charge in [-0.05, 0) is 24.6 Å². The monoisotopic (exact) mass is 244 g/mol. The van der Waals surface area contributed by atoms with E-state index in [-0.39, 0.29) is 0 Å². The van der Waals surface area contributed by atoms with E-state index in [2.05, 4.69) is 32.8 Å². The van der Waals surface area contributed by atoms with Crippen molar-refractivity contribution < 1.29 is 0 Å². The van der Waals surface area contributed by atoms with Gasteiger partial charge in [0.1, 0.15) is 5.82 Å². The molecule has 4 nitrogen and oxygen atoms in total. The molecule has 0 spiro atoms. The molecule has 0 radical (unpaired) electrons. The molecule has 2 aromatic heterocycles. The maximum absolute atomic E-state index is 4.36. The molecule has 0 saturated heterocycles. The standard InChI is InChI=1S/C14H20N4/c1-3-16-13(12-5-4-8-15-11-12)6-7-14-17-9-10-18(14)2/h4-5,8-11,13,16H,3,6-7H2,1-2H3. The van der Waals surface area contributed by atoms with Crippen LogP contribution in [0.25, 0.3) is 0 Å². The van der Waals surface area contributed by atoms with Gasteiger partial charge in [-0.2, -0.15) is 0 Å². The van der Waals surface area contributed by atoms with Crippen molar-refractivity contribution in [2.75, 3.05) is 6.54 Å². The van der Waals surface area contributed by atoms with Crippen LogP contribution < -0.4 is 5.32 Å². The molecule has 0 fully saturated rings.